The van der Waals surface area contributed by atoms with Crippen LogP contribution in [0.4, 0.5) is 5.69 Å². The smallest absolute Gasteiger partial charge is 0.335 e. The van der Waals surface area contributed by atoms with Gasteiger partial charge in [-0.25, -0.2) is 9.78 Å². The molecule has 1 heterocycles. The van der Waals surface area contributed by atoms with E-state index in [0.717, 1.165) is 17.1 Å². The van der Waals surface area contributed by atoms with Gasteiger partial charge in [-0.15, -0.1) is 0 Å². The molecule has 0 spiro atoms. The molecule has 2 rings (SSSR count). The van der Waals surface area contributed by atoms with Crippen LogP contribution in [0.1, 0.15) is 21.7 Å². The number of hydrogen-bond acceptors (Lipinski definition) is 3. The van der Waals surface area contributed by atoms with Crippen LogP contribution in [-0.4, -0.2) is 27.7 Å². The molecule has 1 N–H and O–H groups in total. The molecular formula is C14H17N3O2. The highest BCUT2D eigenvalue weighted by Gasteiger charge is 2.10. The van der Waals surface area contributed by atoms with Crippen LogP contribution >= 0.6 is 0 Å². The van der Waals surface area contributed by atoms with Crippen molar-refractivity contribution in [1.82, 2.24) is 9.55 Å². The van der Waals surface area contributed by atoms with Gasteiger partial charge in [0, 0.05) is 32.2 Å². The molecule has 0 bridgehead atoms. The quantitative estimate of drug-likeness (QED) is 0.913. The maximum absolute atomic E-state index is 10.9. The van der Waals surface area contributed by atoms with Gasteiger partial charge in [0.05, 0.1) is 12.1 Å². The lowest BCUT2D eigenvalue weighted by atomic mass is 10.1. The molecule has 0 aliphatic carbocycles. The first-order valence-corrected chi connectivity index (χ1v) is 6.00. The summed E-state index contributed by atoms with van der Waals surface area (Å²) < 4.78 is 1.97. The van der Waals surface area contributed by atoms with Gasteiger partial charge in [-0.1, -0.05) is 0 Å². The highest BCUT2D eigenvalue weighted by Crippen LogP contribution is 2.21. The topological polar surface area (TPSA) is 58.4 Å². The monoisotopic (exact) mass is 259 g/mol. The predicted molar refractivity (Wildman–Crippen MR) is 73.5 cm³/mol. The summed E-state index contributed by atoms with van der Waals surface area (Å²) in [5.41, 5.74) is 2.26. The average Bonchev–Trinajstić information content (AvgIpc) is 2.74. The lowest BCUT2D eigenvalue weighted by Gasteiger charge is -2.21. The van der Waals surface area contributed by atoms with Crippen molar-refractivity contribution in [3.8, 4) is 0 Å². The van der Waals surface area contributed by atoms with E-state index < -0.39 is 5.97 Å². The summed E-state index contributed by atoms with van der Waals surface area (Å²) in [5.74, 6) is 0.0608. The van der Waals surface area contributed by atoms with Crippen molar-refractivity contribution >= 4 is 11.7 Å². The number of carboxylic acids is 1. The molecule has 100 valence electrons. The van der Waals surface area contributed by atoms with Crippen molar-refractivity contribution in [3.63, 3.8) is 0 Å². The standard InChI is InChI=1S/C14H17N3O2/c1-10-8-11(14(18)19)4-5-12(10)17(3)9-13-15-6-7-16(13)2/h4-8H,9H2,1-3H3,(H,18,19). The van der Waals surface area contributed by atoms with Crippen LogP contribution in [0.25, 0.3) is 0 Å². The number of carbonyl (C=O) groups is 1. The molecule has 2 aromatic rings. The van der Waals surface area contributed by atoms with Crippen molar-refractivity contribution in [2.45, 2.75) is 13.5 Å². The third kappa shape index (κ3) is 2.76. The van der Waals surface area contributed by atoms with E-state index in [-0.39, 0.29) is 0 Å². The molecule has 0 saturated carbocycles. The number of anilines is 1. The molecule has 1 aromatic carbocycles. The van der Waals surface area contributed by atoms with E-state index in [0.29, 0.717) is 12.1 Å². The molecule has 0 fully saturated rings. The number of rotatable bonds is 4. The van der Waals surface area contributed by atoms with Gasteiger partial charge in [0.25, 0.3) is 0 Å². The molecule has 1 aromatic heterocycles. The van der Waals surface area contributed by atoms with E-state index in [1.165, 1.54) is 0 Å². The summed E-state index contributed by atoms with van der Waals surface area (Å²) in [4.78, 5) is 17.3. The zero-order chi connectivity index (χ0) is 14.0. The van der Waals surface area contributed by atoms with Gasteiger partial charge in [0.2, 0.25) is 0 Å². The Morgan fingerprint density at radius 2 is 2.21 bits per heavy atom. The van der Waals surface area contributed by atoms with Gasteiger partial charge in [-0.05, 0) is 30.7 Å². The van der Waals surface area contributed by atoms with Crippen LogP contribution in [0.2, 0.25) is 0 Å². The van der Waals surface area contributed by atoms with Crippen molar-refractivity contribution in [2.24, 2.45) is 7.05 Å². The largest absolute Gasteiger partial charge is 0.478 e. The number of nitrogens with zero attached hydrogens (tertiary/aromatic N) is 3. The van der Waals surface area contributed by atoms with Crippen molar-refractivity contribution in [1.29, 1.82) is 0 Å². The van der Waals surface area contributed by atoms with Crippen LogP contribution in [0, 0.1) is 6.92 Å². The lowest BCUT2D eigenvalue weighted by Crippen LogP contribution is -2.20. The van der Waals surface area contributed by atoms with E-state index in [2.05, 4.69) is 9.88 Å². The van der Waals surface area contributed by atoms with Gasteiger partial charge < -0.3 is 14.6 Å². The van der Waals surface area contributed by atoms with Crippen molar-refractivity contribution in [3.05, 3.63) is 47.5 Å². The van der Waals surface area contributed by atoms with E-state index in [1.54, 1.807) is 18.3 Å². The van der Waals surface area contributed by atoms with Crippen LogP contribution in [0.15, 0.2) is 30.6 Å². The van der Waals surface area contributed by atoms with E-state index in [4.69, 9.17) is 5.11 Å². The van der Waals surface area contributed by atoms with Crippen LogP contribution < -0.4 is 4.90 Å². The Morgan fingerprint density at radius 1 is 1.47 bits per heavy atom. The molecule has 0 amide bonds. The SMILES string of the molecule is Cc1cc(C(=O)O)ccc1N(C)Cc1nccn1C. The Morgan fingerprint density at radius 3 is 2.74 bits per heavy atom. The maximum atomic E-state index is 10.9. The highest BCUT2D eigenvalue weighted by atomic mass is 16.4. The Hall–Kier alpha value is -2.30. The van der Waals surface area contributed by atoms with Gasteiger partial charge >= 0.3 is 5.97 Å². The molecule has 0 unspecified atom stereocenters. The molecule has 5 heteroatoms. The van der Waals surface area contributed by atoms with Gasteiger partial charge in [-0.3, -0.25) is 0 Å². The summed E-state index contributed by atoms with van der Waals surface area (Å²) in [5, 5.41) is 8.96. The van der Waals surface area contributed by atoms with Crippen molar-refractivity contribution < 1.29 is 9.90 Å². The number of imidazole rings is 1. The van der Waals surface area contributed by atoms with E-state index in [1.807, 2.05) is 37.8 Å². The zero-order valence-corrected chi connectivity index (χ0v) is 11.3. The van der Waals surface area contributed by atoms with Gasteiger partial charge in [0.15, 0.2) is 0 Å². The van der Waals surface area contributed by atoms with E-state index >= 15 is 0 Å². The summed E-state index contributed by atoms with van der Waals surface area (Å²) >= 11 is 0. The summed E-state index contributed by atoms with van der Waals surface area (Å²) in [6, 6.07) is 5.15. The molecule has 0 aliphatic heterocycles. The van der Waals surface area contributed by atoms with Crippen LogP contribution in [-0.2, 0) is 13.6 Å². The first-order chi connectivity index (χ1) is 8.99. The van der Waals surface area contributed by atoms with Crippen molar-refractivity contribution in [2.75, 3.05) is 11.9 Å². The number of benzene rings is 1. The Labute approximate surface area is 112 Å². The second-order valence-electron chi connectivity index (χ2n) is 4.62. The number of carboxylic acid groups (broad SMARTS) is 1. The number of aryl methyl sites for hydroxylation is 2. The molecular weight excluding hydrogens is 242 g/mol. The molecule has 0 atom stereocenters. The first kappa shape index (κ1) is 13.1. The normalized spacial score (nSPS) is 10.5. The number of hydrogen-bond donors (Lipinski definition) is 1. The number of aromatic nitrogens is 2. The Kier molecular flexibility index (Phi) is 3.55. The molecule has 0 aliphatic rings. The summed E-state index contributed by atoms with van der Waals surface area (Å²) in [6.07, 6.45) is 3.67. The minimum Gasteiger partial charge on any atom is -0.478 e. The zero-order valence-electron chi connectivity index (χ0n) is 11.3. The fourth-order valence-electron chi connectivity index (χ4n) is 2.06. The summed E-state index contributed by atoms with van der Waals surface area (Å²) in [6.45, 7) is 2.59. The summed E-state index contributed by atoms with van der Waals surface area (Å²) in [7, 11) is 3.92. The van der Waals surface area contributed by atoms with Gasteiger partial charge in [0.1, 0.15) is 5.82 Å². The van der Waals surface area contributed by atoms with E-state index in [9.17, 15) is 4.79 Å². The predicted octanol–water partition coefficient (Wildman–Crippen LogP) is 2.06. The third-order valence-electron chi connectivity index (χ3n) is 3.15. The third-order valence-corrected chi connectivity index (χ3v) is 3.15. The highest BCUT2D eigenvalue weighted by molar-refractivity contribution is 5.88. The molecule has 5 nitrogen and oxygen atoms in total. The minimum atomic E-state index is -0.901. The number of aromatic carboxylic acids is 1. The molecule has 0 radical (unpaired) electrons. The van der Waals surface area contributed by atoms with Crippen LogP contribution in [0.5, 0.6) is 0 Å². The van der Waals surface area contributed by atoms with Gasteiger partial charge in [-0.2, -0.15) is 0 Å². The Balaban J connectivity index is 2.22. The average molecular weight is 259 g/mol. The fraction of sp³-hybridized carbons (Fsp3) is 0.286. The lowest BCUT2D eigenvalue weighted by molar-refractivity contribution is 0.0697. The Bertz CT molecular complexity index is 604. The minimum absolute atomic E-state index is 0.312. The first-order valence-electron chi connectivity index (χ1n) is 6.00. The molecule has 19 heavy (non-hydrogen) atoms. The fourth-order valence-corrected chi connectivity index (χ4v) is 2.06. The maximum Gasteiger partial charge on any atom is 0.335 e. The molecule has 0 saturated heterocycles. The second kappa shape index (κ2) is 5.14. The second-order valence-corrected chi connectivity index (χ2v) is 4.62. The van der Waals surface area contributed by atoms with Crippen LogP contribution in [0.3, 0.4) is 0 Å².